The van der Waals surface area contributed by atoms with Gasteiger partial charge in [-0.25, -0.2) is 9.50 Å². The molecule has 0 spiro atoms. The number of nitrogens with zero attached hydrogens (tertiary/aromatic N) is 5. The molecule has 0 aromatic carbocycles. The Labute approximate surface area is 111 Å². The number of likely N-dealkylation sites (N-methyl/N-ethyl adjacent to an activating group) is 1. The van der Waals surface area contributed by atoms with Crippen LogP contribution in [-0.4, -0.2) is 57.6 Å². The lowest BCUT2D eigenvalue weighted by molar-refractivity contribution is 0.145. The summed E-state index contributed by atoms with van der Waals surface area (Å²) >= 11 is 5.94. The van der Waals surface area contributed by atoms with Gasteiger partial charge in [0.25, 0.3) is 0 Å². The van der Waals surface area contributed by atoms with E-state index >= 15 is 0 Å². The minimum atomic E-state index is 0.695. The van der Waals surface area contributed by atoms with E-state index in [-0.39, 0.29) is 0 Å². The van der Waals surface area contributed by atoms with Gasteiger partial charge in [-0.1, -0.05) is 11.6 Å². The molecule has 0 radical (unpaired) electrons. The third-order valence-electron chi connectivity index (χ3n) is 3.30. The number of aromatic nitrogens is 3. The zero-order valence-corrected chi connectivity index (χ0v) is 11.1. The summed E-state index contributed by atoms with van der Waals surface area (Å²) in [6.07, 6.45) is 1.85. The quantitative estimate of drug-likeness (QED) is 0.816. The molecule has 5 nitrogen and oxygen atoms in total. The molecule has 1 saturated heterocycles. The van der Waals surface area contributed by atoms with Crippen molar-refractivity contribution in [1.82, 2.24) is 24.4 Å². The van der Waals surface area contributed by atoms with Gasteiger partial charge in [0.2, 0.25) is 0 Å². The van der Waals surface area contributed by atoms with Crippen molar-refractivity contribution in [3.63, 3.8) is 0 Å². The SMILES string of the molecule is CN1CCN(Cc2nc3cc(Cl)ccn3n2)CC1. The average molecular weight is 266 g/mol. The van der Waals surface area contributed by atoms with Gasteiger partial charge in [0.15, 0.2) is 11.5 Å². The summed E-state index contributed by atoms with van der Waals surface area (Å²) in [7, 11) is 2.16. The van der Waals surface area contributed by atoms with Crippen LogP contribution in [-0.2, 0) is 6.54 Å². The summed E-state index contributed by atoms with van der Waals surface area (Å²) < 4.78 is 1.78. The van der Waals surface area contributed by atoms with Gasteiger partial charge in [-0.3, -0.25) is 4.90 Å². The van der Waals surface area contributed by atoms with Gasteiger partial charge in [-0.2, -0.15) is 0 Å². The van der Waals surface area contributed by atoms with Gasteiger partial charge in [-0.05, 0) is 13.1 Å². The summed E-state index contributed by atoms with van der Waals surface area (Å²) in [4.78, 5) is 9.22. The van der Waals surface area contributed by atoms with Crippen LogP contribution in [0.3, 0.4) is 0 Å². The fraction of sp³-hybridized carbons (Fsp3) is 0.500. The highest BCUT2D eigenvalue weighted by atomic mass is 35.5. The second kappa shape index (κ2) is 4.84. The van der Waals surface area contributed by atoms with E-state index in [1.807, 2.05) is 18.3 Å². The maximum absolute atomic E-state index is 5.94. The van der Waals surface area contributed by atoms with Crippen molar-refractivity contribution in [2.45, 2.75) is 6.54 Å². The molecule has 1 fully saturated rings. The largest absolute Gasteiger partial charge is 0.304 e. The average Bonchev–Trinajstić information content (AvgIpc) is 2.73. The smallest absolute Gasteiger partial charge is 0.165 e. The number of hydrogen-bond acceptors (Lipinski definition) is 4. The van der Waals surface area contributed by atoms with E-state index in [1.54, 1.807) is 4.52 Å². The fourth-order valence-corrected chi connectivity index (χ4v) is 2.33. The molecule has 6 heteroatoms. The van der Waals surface area contributed by atoms with E-state index in [1.165, 1.54) is 0 Å². The van der Waals surface area contributed by atoms with Crippen molar-refractivity contribution in [2.75, 3.05) is 33.2 Å². The highest BCUT2D eigenvalue weighted by Crippen LogP contribution is 2.12. The van der Waals surface area contributed by atoms with Crippen LogP contribution in [0.4, 0.5) is 0 Å². The molecule has 1 aliphatic rings. The third kappa shape index (κ3) is 2.48. The molecule has 0 saturated carbocycles. The first-order chi connectivity index (χ1) is 8.70. The van der Waals surface area contributed by atoms with E-state index in [2.05, 4.69) is 26.9 Å². The van der Waals surface area contributed by atoms with Crippen LogP contribution < -0.4 is 0 Å². The second-order valence-corrected chi connectivity index (χ2v) is 5.19. The van der Waals surface area contributed by atoms with Crippen molar-refractivity contribution >= 4 is 17.2 Å². The zero-order chi connectivity index (χ0) is 12.5. The Morgan fingerprint density at radius 3 is 2.83 bits per heavy atom. The van der Waals surface area contributed by atoms with Gasteiger partial charge in [-0.15, -0.1) is 5.10 Å². The highest BCUT2D eigenvalue weighted by Gasteiger charge is 2.15. The molecule has 0 amide bonds. The van der Waals surface area contributed by atoms with Crippen LogP contribution in [0.5, 0.6) is 0 Å². The Hall–Kier alpha value is -1.17. The molecule has 2 aromatic rings. The van der Waals surface area contributed by atoms with E-state index < -0.39 is 0 Å². The molecule has 3 heterocycles. The molecule has 0 aliphatic carbocycles. The summed E-state index contributed by atoms with van der Waals surface area (Å²) in [5, 5.41) is 5.15. The standard InChI is InChI=1S/C12H16ClN5/c1-16-4-6-17(7-5-16)9-11-14-12-8-10(13)2-3-18(12)15-11/h2-3,8H,4-7,9H2,1H3. The van der Waals surface area contributed by atoms with Crippen LogP contribution in [0, 0.1) is 0 Å². The first-order valence-corrected chi connectivity index (χ1v) is 6.50. The van der Waals surface area contributed by atoms with Crippen LogP contribution in [0.25, 0.3) is 5.65 Å². The second-order valence-electron chi connectivity index (χ2n) is 4.76. The van der Waals surface area contributed by atoms with E-state index in [0.717, 1.165) is 44.2 Å². The normalized spacial score (nSPS) is 18.6. The molecule has 96 valence electrons. The predicted octanol–water partition coefficient (Wildman–Crippen LogP) is 1.13. The van der Waals surface area contributed by atoms with Crippen molar-refractivity contribution < 1.29 is 0 Å². The minimum Gasteiger partial charge on any atom is -0.304 e. The van der Waals surface area contributed by atoms with Crippen LogP contribution in [0.2, 0.25) is 5.02 Å². The van der Waals surface area contributed by atoms with Gasteiger partial charge in [0, 0.05) is 43.5 Å². The number of pyridine rings is 1. The lowest BCUT2D eigenvalue weighted by atomic mass is 10.3. The number of halogens is 1. The number of rotatable bonds is 2. The first kappa shape index (κ1) is 11.9. The lowest BCUT2D eigenvalue weighted by Crippen LogP contribution is -2.44. The molecule has 1 aliphatic heterocycles. The Bertz CT molecular complexity index is 544. The van der Waals surface area contributed by atoms with Gasteiger partial charge in [0.05, 0.1) is 6.54 Å². The highest BCUT2D eigenvalue weighted by molar-refractivity contribution is 6.30. The summed E-state index contributed by atoms with van der Waals surface area (Å²) in [5.74, 6) is 0.863. The van der Waals surface area contributed by atoms with E-state index in [9.17, 15) is 0 Å². The molecule has 0 bridgehead atoms. The summed E-state index contributed by atoms with van der Waals surface area (Å²) in [5.41, 5.74) is 0.812. The molecule has 0 N–H and O–H groups in total. The third-order valence-corrected chi connectivity index (χ3v) is 3.54. The van der Waals surface area contributed by atoms with Crippen molar-refractivity contribution in [3.05, 3.63) is 29.2 Å². The summed E-state index contributed by atoms with van der Waals surface area (Å²) in [6.45, 7) is 5.19. The van der Waals surface area contributed by atoms with Crippen molar-refractivity contribution in [1.29, 1.82) is 0 Å². The Kier molecular flexibility index (Phi) is 3.20. The Balaban J connectivity index is 1.74. The van der Waals surface area contributed by atoms with Crippen LogP contribution in [0.15, 0.2) is 18.3 Å². The molecule has 2 aromatic heterocycles. The van der Waals surface area contributed by atoms with Crippen LogP contribution >= 0.6 is 11.6 Å². The van der Waals surface area contributed by atoms with Crippen LogP contribution in [0.1, 0.15) is 5.82 Å². The molecule has 0 unspecified atom stereocenters. The Morgan fingerprint density at radius 1 is 1.28 bits per heavy atom. The maximum atomic E-state index is 5.94. The molecule has 18 heavy (non-hydrogen) atoms. The molecular formula is C12H16ClN5. The van der Waals surface area contributed by atoms with Crippen molar-refractivity contribution in [2.24, 2.45) is 0 Å². The van der Waals surface area contributed by atoms with Gasteiger partial charge >= 0.3 is 0 Å². The maximum Gasteiger partial charge on any atom is 0.165 e. The zero-order valence-electron chi connectivity index (χ0n) is 10.4. The Morgan fingerprint density at radius 2 is 2.06 bits per heavy atom. The van der Waals surface area contributed by atoms with Gasteiger partial charge < -0.3 is 4.90 Å². The first-order valence-electron chi connectivity index (χ1n) is 6.12. The fourth-order valence-electron chi connectivity index (χ4n) is 2.18. The monoisotopic (exact) mass is 265 g/mol. The predicted molar refractivity (Wildman–Crippen MR) is 70.8 cm³/mol. The van der Waals surface area contributed by atoms with Gasteiger partial charge in [0.1, 0.15) is 0 Å². The number of fused-ring (bicyclic) bond motifs is 1. The summed E-state index contributed by atoms with van der Waals surface area (Å²) in [6, 6.07) is 3.66. The number of piperazine rings is 1. The molecule has 0 atom stereocenters. The molecule has 3 rings (SSSR count). The van der Waals surface area contributed by atoms with Crippen molar-refractivity contribution in [3.8, 4) is 0 Å². The van der Waals surface area contributed by atoms with E-state index in [0.29, 0.717) is 5.02 Å². The lowest BCUT2D eigenvalue weighted by Gasteiger charge is -2.31. The van der Waals surface area contributed by atoms with E-state index in [4.69, 9.17) is 11.6 Å². The minimum absolute atomic E-state index is 0.695. The molecular weight excluding hydrogens is 250 g/mol. The number of hydrogen-bond donors (Lipinski definition) is 0. The topological polar surface area (TPSA) is 36.7 Å².